The highest BCUT2D eigenvalue weighted by Gasteiger charge is 2.14. The molecule has 3 aromatic rings. The molecule has 2 aromatic carbocycles. The van der Waals surface area contributed by atoms with Crippen LogP contribution in [0.25, 0.3) is 11.0 Å². The molecule has 154 valence electrons. The molecule has 0 atom stereocenters. The second kappa shape index (κ2) is 9.29. The van der Waals surface area contributed by atoms with E-state index in [1.165, 1.54) is 5.52 Å². The fraction of sp³-hybridized carbons (Fsp3) is 0.435. The van der Waals surface area contributed by atoms with Gasteiger partial charge < -0.3 is 18.8 Å². The van der Waals surface area contributed by atoms with Gasteiger partial charge in [0.15, 0.2) is 11.5 Å². The molecule has 1 aliphatic heterocycles. The number of rotatable bonds is 8. The van der Waals surface area contributed by atoms with E-state index in [0.717, 1.165) is 80.6 Å². The number of methoxy groups -OCH3 is 2. The average molecular weight is 396 g/mol. The van der Waals surface area contributed by atoms with Crippen LogP contribution in [0.4, 0.5) is 0 Å². The summed E-state index contributed by atoms with van der Waals surface area (Å²) in [5, 5.41) is 0. The van der Waals surface area contributed by atoms with Gasteiger partial charge in [0.25, 0.3) is 0 Å². The minimum Gasteiger partial charge on any atom is -0.493 e. The Morgan fingerprint density at radius 1 is 0.966 bits per heavy atom. The average Bonchev–Trinajstić information content (AvgIpc) is 3.11. The van der Waals surface area contributed by atoms with Gasteiger partial charge in [-0.3, -0.25) is 4.90 Å². The number of hydrogen-bond donors (Lipinski definition) is 0. The zero-order chi connectivity index (χ0) is 20.1. The van der Waals surface area contributed by atoms with Crippen molar-refractivity contribution in [2.45, 2.75) is 19.4 Å². The number of benzene rings is 2. The van der Waals surface area contributed by atoms with E-state index < -0.39 is 0 Å². The SMILES string of the molecule is COc1ccc(Cc2nc3ccccc3n2CCCN2CCOCC2)cc1OC. The lowest BCUT2D eigenvalue weighted by atomic mass is 10.1. The van der Waals surface area contributed by atoms with Crippen LogP contribution in [0.1, 0.15) is 17.8 Å². The zero-order valence-corrected chi connectivity index (χ0v) is 17.3. The monoisotopic (exact) mass is 395 g/mol. The van der Waals surface area contributed by atoms with Crippen molar-refractivity contribution in [2.24, 2.45) is 0 Å². The van der Waals surface area contributed by atoms with E-state index in [2.05, 4.69) is 33.7 Å². The van der Waals surface area contributed by atoms with Crippen molar-refractivity contribution in [3.05, 3.63) is 53.9 Å². The third kappa shape index (κ3) is 4.54. The Bertz CT molecular complexity index is 948. The minimum atomic E-state index is 0.746. The number of ether oxygens (including phenoxy) is 3. The van der Waals surface area contributed by atoms with Gasteiger partial charge in [-0.05, 0) is 36.2 Å². The lowest BCUT2D eigenvalue weighted by molar-refractivity contribution is 0.0369. The molecule has 6 heteroatoms. The molecule has 4 rings (SSSR count). The van der Waals surface area contributed by atoms with Gasteiger partial charge in [-0.1, -0.05) is 18.2 Å². The molecule has 2 heterocycles. The summed E-state index contributed by atoms with van der Waals surface area (Å²) in [7, 11) is 3.33. The van der Waals surface area contributed by atoms with Crippen molar-refractivity contribution in [1.29, 1.82) is 0 Å². The molecule has 6 nitrogen and oxygen atoms in total. The van der Waals surface area contributed by atoms with E-state index in [1.54, 1.807) is 14.2 Å². The molecular weight excluding hydrogens is 366 g/mol. The van der Waals surface area contributed by atoms with Crippen LogP contribution < -0.4 is 9.47 Å². The van der Waals surface area contributed by atoms with Gasteiger partial charge in [-0.15, -0.1) is 0 Å². The van der Waals surface area contributed by atoms with Crippen LogP contribution in [0.15, 0.2) is 42.5 Å². The van der Waals surface area contributed by atoms with Crippen molar-refractivity contribution in [1.82, 2.24) is 14.5 Å². The molecule has 1 saturated heterocycles. The molecule has 1 aliphatic rings. The highest BCUT2D eigenvalue weighted by Crippen LogP contribution is 2.29. The Hall–Kier alpha value is -2.57. The van der Waals surface area contributed by atoms with Crippen LogP contribution in [-0.2, 0) is 17.7 Å². The largest absolute Gasteiger partial charge is 0.493 e. The third-order valence-corrected chi connectivity index (χ3v) is 5.50. The van der Waals surface area contributed by atoms with E-state index in [-0.39, 0.29) is 0 Å². The molecule has 29 heavy (non-hydrogen) atoms. The van der Waals surface area contributed by atoms with Crippen LogP contribution in [-0.4, -0.2) is 61.5 Å². The van der Waals surface area contributed by atoms with E-state index in [1.807, 2.05) is 18.2 Å². The molecule has 0 amide bonds. The van der Waals surface area contributed by atoms with Crippen molar-refractivity contribution in [3.63, 3.8) is 0 Å². The summed E-state index contributed by atoms with van der Waals surface area (Å²) in [4.78, 5) is 7.41. The number of hydrogen-bond acceptors (Lipinski definition) is 5. The molecule has 1 aromatic heterocycles. The predicted molar refractivity (Wildman–Crippen MR) is 114 cm³/mol. The number of aromatic nitrogens is 2. The van der Waals surface area contributed by atoms with E-state index in [0.29, 0.717) is 0 Å². The maximum Gasteiger partial charge on any atom is 0.161 e. The molecule has 0 radical (unpaired) electrons. The molecule has 0 spiro atoms. The summed E-state index contributed by atoms with van der Waals surface area (Å²) in [6.45, 7) is 5.80. The first kappa shape index (κ1) is 19.7. The minimum absolute atomic E-state index is 0.746. The standard InChI is InChI=1S/C23H29N3O3/c1-27-21-9-8-18(16-22(21)28-2)17-23-24-19-6-3-4-7-20(19)26(23)11-5-10-25-12-14-29-15-13-25/h3-4,6-9,16H,5,10-15,17H2,1-2H3. The molecule has 0 aliphatic carbocycles. The van der Waals surface area contributed by atoms with Gasteiger partial charge in [-0.2, -0.15) is 0 Å². The Labute approximate surface area is 172 Å². The normalized spacial score (nSPS) is 15.0. The number of imidazole rings is 1. The molecule has 0 unspecified atom stereocenters. The lowest BCUT2D eigenvalue weighted by Crippen LogP contribution is -2.37. The number of nitrogens with zero attached hydrogens (tertiary/aromatic N) is 3. The second-order valence-electron chi connectivity index (χ2n) is 7.34. The molecule has 1 fully saturated rings. The highest BCUT2D eigenvalue weighted by atomic mass is 16.5. The topological polar surface area (TPSA) is 48.8 Å². The van der Waals surface area contributed by atoms with Crippen molar-refractivity contribution >= 4 is 11.0 Å². The number of fused-ring (bicyclic) bond motifs is 1. The van der Waals surface area contributed by atoms with E-state index >= 15 is 0 Å². The second-order valence-corrected chi connectivity index (χ2v) is 7.34. The van der Waals surface area contributed by atoms with Gasteiger partial charge in [-0.25, -0.2) is 4.98 Å². The van der Waals surface area contributed by atoms with Gasteiger partial charge in [0.2, 0.25) is 0 Å². The Morgan fingerprint density at radius 3 is 2.55 bits per heavy atom. The van der Waals surface area contributed by atoms with Crippen LogP contribution >= 0.6 is 0 Å². The summed E-state index contributed by atoms with van der Waals surface area (Å²) < 4.78 is 18.7. The van der Waals surface area contributed by atoms with Crippen molar-refractivity contribution in [2.75, 3.05) is 47.1 Å². The molecule has 0 saturated carbocycles. The zero-order valence-electron chi connectivity index (χ0n) is 17.3. The van der Waals surface area contributed by atoms with Crippen LogP contribution in [0.5, 0.6) is 11.5 Å². The van der Waals surface area contributed by atoms with Crippen molar-refractivity contribution in [3.8, 4) is 11.5 Å². The third-order valence-electron chi connectivity index (χ3n) is 5.50. The first-order valence-corrected chi connectivity index (χ1v) is 10.2. The van der Waals surface area contributed by atoms with Crippen molar-refractivity contribution < 1.29 is 14.2 Å². The van der Waals surface area contributed by atoms with Crippen LogP contribution in [0, 0.1) is 0 Å². The molecule has 0 N–H and O–H groups in total. The van der Waals surface area contributed by atoms with Gasteiger partial charge >= 0.3 is 0 Å². The maximum absolute atomic E-state index is 5.47. The summed E-state index contributed by atoms with van der Waals surface area (Å²) in [6.07, 6.45) is 1.85. The predicted octanol–water partition coefficient (Wildman–Crippen LogP) is 3.37. The highest BCUT2D eigenvalue weighted by molar-refractivity contribution is 5.76. The first-order valence-electron chi connectivity index (χ1n) is 10.2. The summed E-state index contributed by atoms with van der Waals surface area (Å²) in [5.41, 5.74) is 3.41. The summed E-state index contributed by atoms with van der Waals surface area (Å²) in [6, 6.07) is 14.5. The van der Waals surface area contributed by atoms with Gasteiger partial charge in [0.1, 0.15) is 5.82 Å². The fourth-order valence-electron chi connectivity index (χ4n) is 3.96. The number of morpholine rings is 1. The van der Waals surface area contributed by atoms with E-state index in [4.69, 9.17) is 19.2 Å². The van der Waals surface area contributed by atoms with Crippen LogP contribution in [0.3, 0.4) is 0 Å². The lowest BCUT2D eigenvalue weighted by Gasteiger charge is -2.26. The van der Waals surface area contributed by atoms with Gasteiger partial charge in [0.05, 0.1) is 38.5 Å². The van der Waals surface area contributed by atoms with E-state index in [9.17, 15) is 0 Å². The number of aryl methyl sites for hydroxylation is 1. The molecular formula is C23H29N3O3. The van der Waals surface area contributed by atoms with Crippen LogP contribution in [0.2, 0.25) is 0 Å². The summed E-state index contributed by atoms with van der Waals surface area (Å²) in [5.74, 6) is 2.58. The Kier molecular flexibility index (Phi) is 6.32. The van der Waals surface area contributed by atoms with Gasteiger partial charge in [0, 0.05) is 32.6 Å². The summed E-state index contributed by atoms with van der Waals surface area (Å²) >= 11 is 0. The quantitative estimate of drug-likeness (QED) is 0.585. The first-order chi connectivity index (χ1) is 14.3. The Morgan fingerprint density at radius 2 is 1.76 bits per heavy atom. The maximum atomic E-state index is 5.47. The smallest absolute Gasteiger partial charge is 0.161 e. The number of para-hydroxylation sites is 2. The molecule has 0 bridgehead atoms. The fourth-order valence-corrected chi connectivity index (χ4v) is 3.96. The Balaban J connectivity index is 1.54.